The largest absolute Gasteiger partial charge is 0.326 e. The van der Waals surface area contributed by atoms with Crippen LogP contribution in [0.25, 0.3) is 0 Å². The molecule has 1 aliphatic heterocycles. The summed E-state index contributed by atoms with van der Waals surface area (Å²) in [6.45, 7) is 0. The Labute approximate surface area is 97.4 Å². The Kier molecular flexibility index (Phi) is 3.04. The summed E-state index contributed by atoms with van der Waals surface area (Å²) in [4.78, 5) is 34.0. The van der Waals surface area contributed by atoms with Crippen molar-refractivity contribution in [2.75, 3.05) is 5.32 Å². The first kappa shape index (κ1) is 11.1. The zero-order valence-electron chi connectivity index (χ0n) is 8.90. The summed E-state index contributed by atoms with van der Waals surface area (Å²) >= 11 is 0. The maximum absolute atomic E-state index is 11.6. The van der Waals surface area contributed by atoms with Crippen molar-refractivity contribution in [2.45, 2.75) is 6.42 Å². The van der Waals surface area contributed by atoms with Gasteiger partial charge in [0.05, 0.1) is 0 Å². The Morgan fingerprint density at radius 2 is 1.71 bits per heavy atom. The van der Waals surface area contributed by atoms with E-state index in [9.17, 15) is 14.4 Å². The second-order valence-corrected chi connectivity index (χ2v) is 3.65. The van der Waals surface area contributed by atoms with Crippen LogP contribution in [0, 0.1) is 5.92 Å². The lowest BCUT2D eigenvalue weighted by molar-refractivity contribution is -0.131. The van der Waals surface area contributed by atoms with E-state index in [4.69, 9.17) is 0 Å². The Balaban J connectivity index is 1.94. The molecule has 0 saturated carbocycles. The Bertz CT molecular complexity index is 442. The summed E-state index contributed by atoms with van der Waals surface area (Å²) in [6.07, 6.45) is -0.160. The van der Waals surface area contributed by atoms with Gasteiger partial charge in [-0.3, -0.25) is 25.2 Å². The van der Waals surface area contributed by atoms with Crippen molar-refractivity contribution in [3.05, 3.63) is 30.3 Å². The number of carbonyl (C=O) groups excluding carboxylic acids is 3. The van der Waals surface area contributed by atoms with Crippen molar-refractivity contribution in [1.29, 1.82) is 0 Å². The van der Waals surface area contributed by atoms with Crippen LogP contribution >= 0.6 is 0 Å². The van der Waals surface area contributed by atoms with Crippen LogP contribution in [-0.4, -0.2) is 17.7 Å². The highest BCUT2D eigenvalue weighted by molar-refractivity contribution is 6.08. The maximum Gasteiger partial charge on any atom is 0.251 e. The van der Waals surface area contributed by atoms with E-state index in [2.05, 4.69) is 16.2 Å². The minimum Gasteiger partial charge on any atom is -0.326 e. The smallest absolute Gasteiger partial charge is 0.251 e. The van der Waals surface area contributed by atoms with Crippen LogP contribution in [-0.2, 0) is 14.4 Å². The number of nitrogens with one attached hydrogen (secondary N) is 3. The van der Waals surface area contributed by atoms with Gasteiger partial charge in [0.2, 0.25) is 5.91 Å². The van der Waals surface area contributed by atoms with E-state index >= 15 is 0 Å². The molecule has 1 aliphatic rings. The molecule has 17 heavy (non-hydrogen) atoms. The van der Waals surface area contributed by atoms with Gasteiger partial charge in [-0.15, -0.1) is 0 Å². The Morgan fingerprint density at radius 3 is 2.29 bits per heavy atom. The van der Waals surface area contributed by atoms with Gasteiger partial charge in [0, 0.05) is 12.1 Å². The van der Waals surface area contributed by atoms with Crippen molar-refractivity contribution in [3.63, 3.8) is 0 Å². The third-order valence-electron chi connectivity index (χ3n) is 2.39. The van der Waals surface area contributed by atoms with Crippen molar-refractivity contribution in [3.8, 4) is 0 Å². The Morgan fingerprint density at radius 1 is 1.12 bits per heavy atom. The molecule has 0 aromatic heterocycles. The van der Waals surface area contributed by atoms with Gasteiger partial charge in [-0.05, 0) is 12.1 Å². The van der Waals surface area contributed by atoms with Gasteiger partial charge in [0.15, 0.2) is 0 Å². The second kappa shape index (κ2) is 4.65. The zero-order chi connectivity index (χ0) is 12.3. The van der Waals surface area contributed by atoms with Crippen molar-refractivity contribution in [2.24, 2.45) is 5.92 Å². The molecule has 0 unspecified atom stereocenters. The van der Waals surface area contributed by atoms with E-state index in [1.54, 1.807) is 24.3 Å². The molecule has 3 amide bonds. The van der Waals surface area contributed by atoms with Gasteiger partial charge >= 0.3 is 0 Å². The molecule has 0 bridgehead atoms. The lowest BCUT2D eigenvalue weighted by atomic mass is 10.1. The van der Waals surface area contributed by atoms with Crippen LogP contribution in [0.4, 0.5) is 5.69 Å². The molecule has 0 atom stereocenters. The summed E-state index contributed by atoms with van der Waals surface area (Å²) in [5, 5.41) is 2.61. The average molecular weight is 233 g/mol. The second-order valence-electron chi connectivity index (χ2n) is 3.65. The zero-order valence-corrected chi connectivity index (χ0v) is 8.90. The first-order valence-corrected chi connectivity index (χ1v) is 5.11. The molecular weight excluding hydrogens is 222 g/mol. The van der Waals surface area contributed by atoms with Gasteiger partial charge in [0.1, 0.15) is 5.92 Å². The highest BCUT2D eigenvalue weighted by atomic mass is 16.2. The fourth-order valence-corrected chi connectivity index (χ4v) is 1.52. The standard InChI is InChI=1S/C11H11N3O3/c15-9(12-7-4-2-1-3-5-7)6-8-10(16)13-14-11(8)17/h1-5,8H,6H2,(H,12,15)(H,13,16)(H,14,17). The molecule has 0 spiro atoms. The summed E-state index contributed by atoms with van der Waals surface area (Å²) in [6, 6.07) is 8.85. The van der Waals surface area contributed by atoms with Crippen LogP contribution in [0.3, 0.4) is 0 Å². The number of anilines is 1. The summed E-state index contributed by atoms with van der Waals surface area (Å²) < 4.78 is 0. The van der Waals surface area contributed by atoms with E-state index in [-0.39, 0.29) is 12.3 Å². The molecule has 1 aromatic carbocycles. The highest BCUT2D eigenvalue weighted by Crippen LogP contribution is 2.11. The summed E-state index contributed by atoms with van der Waals surface area (Å²) in [7, 11) is 0. The van der Waals surface area contributed by atoms with Crippen LogP contribution in [0.1, 0.15) is 6.42 Å². The molecule has 1 saturated heterocycles. The molecule has 88 valence electrons. The van der Waals surface area contributed by atoms with Crippen molar-refractivity contribution < 1.29 is 14.4 Å². The number of hydrazine groups is 1. The van der Waals surface area contributed by atoms with Crippen LogP contribution < -0.4 is 16.2 Å². The molecule has 0 aliphatic carbocycles. The van der Waals surface area contributed by atoms with Gasteiger partial charge in [-0.2, -0.15) is 0 Å². The number of amides is 3. The fraction of sp³-hybridized carbons (Fsp3) is 0.182. The molecular formula is C11H11N3O3. The third kappa shape index (κ3) is 2.60. The topological polar surface area (TPSA) is 87.3 Å². The van der Waals surface area contributed by atoms with Gasteiger partial charge in [-0.1, -0.05) is 18.2 Å². The molecule has 0 radical (unpaired) electrons. The lowest BCUT2D eigenvalue weighted by Gasteiger charge is -2.06. The number of para-hydroxylation sites is 1. The number of hydrogen-bond acceptors (Lipinski definition) is 3. The van der Waals surface area contributed by atoms with Crippen LogP contribution in [0.5, 0.6) is 0 Å². The number of carbonyl (C=O) groups is 3. The van der Waals surface area contributed by atoms with E-state index in [1.807, 2.05) is 6.07 Å². The maximum atomic E-state index is 11.6. The monoisotopic (exact) mass is 233 g/mol. The lowest BCUT2D eigenvalue weighted by Crippen LogP contribution is -2.28. The Hall–Kier alpha value is -2.37. The fourth-order valence-electron chi connectivity index (χ4n) is 1.52. The SMILES string of the molecule is O=C(CC1C(=O)NNC1=O)Nc1ccccc1. The van der Waals surface area contributed by atoms with Crippen LogP contribution in [0.15, 0.2) is 30.3 Å². The quantitative estimate of drug-likeness (QED) is 0.631. The third-order valence-corrected chi connectivity index (χ3v) is 2.39. The van der Waals surface area contributed by atoms with Crippen molar-refractivity contribution >= 4 is 23.4 Å². The van der Waals surface area contributed by atoms with Gasteiger partial charge < -0.3 is 5.32 Å². The molecule has 6 heteroatoms. The first-order chi connectivity index (χ1) is 8.16. The van der Waals surface area contributed by atoms with E-state index in [0.29, 0.717) is 5.69 Å². The number of hydrogen-bond donors (Lipinski definition) is 3. The number of benzene rings is 1. The number of rotatable bonds is 3. The molecule has 3 N–H and O–H groups in total. The van der Waals surface area contributed by atoms with E-state index in [1.165, 1.54) is 0 Å². The minimum absolute atomic E-state index is 0.160. The van der Waals surface area contributed by atoms with Crippen molar-refractivity contribution in [1.82, 2.24) is 10.9 Å². The molecule has 1 fully saturated rings. The summed E-state index contributed by atoms with van der Waals surface area (Å²) in [5.41, 5.74) is 4.98. The van der Waals surface area contributed by atoms with E-state index in [0.717, 1.165) is 0 Å². The van der Waals surface area contributed by atoms with Crippen LogP contribution in [0.2, 0.25) is 0 Å². The van der Waals surface area contributed by atoms with Gasteiger partial charge in [-0.25, -0.2) is 0 Å². The minimum atomic E-state index is -0.946. The molecule has 1 aromatic rings. The highest BCUT2D eigenvalue weighted by Gasteiger charge is 2.34. The first-order valence-electron chi connectivity index (χ1n) is 5.11. The van der Waals surface area contributed by atoms with Gasteiger partial charge in [0.25, 0.3) is 11.8 Å². The molecule has 1 heterocycles. The normalized spacial score (nSPS) is 15.3. The van der Waals surface area contributed by atoms with E-state index < -0.39 is 17.7 Å². The molecule has 6 nitrogen and oxygen atoms in total. The molecule has 2 rings (SSSR count). The average Bonchev–Trinajstić information content (AvgIpc) is 2.62. The predicted molar refractivity (Wildman–Crippen MR) is 59.5 cm³/mol. The predicted octanol–water partition coefficient (Wildman–Crippen LogP) is -0.208. The summed E-state index contributed by atoms with van der Waals surface area (Å²) in [5.74, 6) is -2.26.